The number of carbonyl (C=O) groups is 2. The van der Waals surface area contributed by atoms with Crippen molar-refractivity contribution in [3.63, 3.8) is 0 Å². The van der Waals surface area contributed by atoms with Crippen LogP contribution in [-0.4, -0.2) is 36.0 Å². The topological polar surface area (TPSA) is 89.0 Å². The Morgan fingerprint density at radius 2 is 1.71 bits per heavy atom. The van der Waals surface area contributed by atoms with E-state index in [1.165, 1.54) is 30.5 Å². The number of anilines is 1. The van der Waals surface area contributed by atoms with E-state index >= 15 is 0 Å². The van der Waals surface area contributed by atoms with Crippen molar-refractivity contribution >= 4 is 44.1 Å². The lowest BCUT2D eigenvalue weighted by molar-refractivity contribution is -0.132. The number of amides is 1. The molecule has 4 aromatic rings. The summed E-state index contributed by atoms with van der Waals surface area (Å²) in [4.78, 5) is 32.6. The lowest BCUT2D eigenvalue weighted by Gasteiger charge is -2.24. The standard InChI is InChI=1S/C26H20N2O5S/c1-32-16-12-13-17(19(14-16)33-2)22-21(23(29)15-8-4-3-5-9-15)24(30)25(31)28(22)26-27-18-10-6-7-11-20(18)34-26/h3-14,22,29H,1-2H3/t22-/m0/s1. The number of aliphatic hydroxyl groups is 1. The Morgan fingerprint density at radius 1 is 0.971 bits per heavy atom. The molecule has 1 N–H and O–H groups in total. The summed E-state index contributed by atoms with van der Waals surface area (Å²) < 4.78 is 11.8. The van der Waals surface area contributed by atoms with Gasteiger partial charge in [0.05, 0.1) is 30.0 Å². The Bertz CT molecular complexity index is 1410. The first kappa shape index (κ1) is 21.7. The first-order valence-electron chi connectivity index (χ1n) is 10.5. The molecule has 0 bridgehead atoms. The Labute approximate surface area is 199 Å². The molecule has 7 nitrogen and oxygen atoms in total. The second-order valence-corrected chi connectivity index (χ2v) is 8.62. The van der Waals surface area contributed by atoms with Crippen molar-refractivity contribution in [1.82, 2.24) is 4.98 Å². The fourth-order valence-corrected chi connectivity index (χ4v) is 5.08. The number of ether oxygens (including phenoxy) is 2. The summed E-state index contributed by atoms with van der Waals surface area (Å²) in [5.74, 6) is -0.842. The van der Waals surface area contributed by atoms with E-state index in [0.29, 0.717) is 33.3 Å². The Kier molecular flexibility index (Phi) is 5.51. The molecule has 3 aromatic carbocycles. The fraction of sp³-hybridized carbons (Fsp3) is 0.115. The molecule has 0 saturated carbocycles. The number of aliphatic hydroxyl groups excluding tert-OH is 1. The van der Waals surface area contributed by atoms with Gasteiger partial charge >= 0.3 is 5.91 Å². The number of thiazole rings is 1. The number of nitrogens with zero attached hydrogens (tertiary/aromatic N) is 2. The lowest BCUT2D eigenvalue weighted by Crippen LogP contribution is -2.29. The van der Waals surface area contributed by atoms with Crippen LogP contribution in [0.15, 0.2) is 78.4 Å². The van der Waals surface area contributed by atoms with Gasteiger partial charge in [0.15, 0.2) is 5.13 Å². The van der Waals surface area contributed by atoms with Crippen LogP contribution >= 0.6 is 11.3 Å². The average molecular weight is 473 g/mol. The molecule has 1 amide bonds. The molecule has 2 heterocycles. The van der Waals surface area contributed by atoms with Crippen LogP contribution in [0.3, 0.4) is 0 Å². The normalized spacial score (nSPS) is 17.4. The third-order valence-corrected chi connectivity index (χ3v) is 6.75. The summed E-state index contributed by atoms with van der Waals surface area (Å²) in [6, 6.07) is 20.4. The Balaban J connectivity index is 1.77. The minimum Gasteiger partial charge on any atom is -0.507 e. The number of rotatable bonds is 5. The summed E-state index contributed by atoms with van der Waals surface area (Å²) in [5.41, 5.74) is 1.65. The van der Waals surface area contributed by atoms with Crippen LogP contribution < -0.4 is 14.4 Å². The number of para-hydroxylation sites is 1. The summed E-state index contributed by atoms with van der Waals surface area (Å²) in [6.07, 6.45) is 0. The lowest BCUT2D eigenvalue weighted by atomic mass is 9.94. The van der Waals surface area contributed by atoms with Gasteiger partial charge in [-0.3, -0.25) is 14.5 Å². The molecule has 1 aliphatic heterocycles. The fourth-order valence-electron chi connectivity index (χ4n) is 4.08. The van der Waals surface area contributed by atoms with Crippen molar-refractivity contribution in [2.45, 2.75) is 6.04 Å². The first-order valence-corrected chi connectivity index (χ1v) is 11.3. The molecule has 1 aromatic heterocycles. The van der Waals surface area contributed by atoms with Crippen molar-refractivity contribution in [3.8, 4) is 11.5 Å². The van der Waals surface area contributed by atoms with E-state index in [-0.39, 0.29) is 11.3 Å². The molecular formula is C26H20N2O5S. The summed E-state index contributed by atoms with van der Waals surface area (Å²) in [5, 5.41) is 11.6. The third kappa shape index (κ3) is 3.48. The van der Waals surface area contributed by atoms with Gasteiger partial charge in [0, 0.05) is 17.2 Å². The molecule has 34 heavy (non-hydrogen) atoms. The maximum Gasteiger partial charge on any atom is 0.301 e. The van der Waals surface area contributed by atoms with E-state index in [1.807, 2.05) is 24.3 Å². The van der Waals surface area contributed by atoms with Crippen LogP contribution in [0.25, 0.3) is 16.0 Å². The molecule has 0 aliphatic carbocycles. The SMILES string of the molecule is COc1ccc([C@H]2C(=C(O)c3ccccc3)C(=O)C(=O)N2c2nc3ccccc3s2)c(OC)c1. The van der Waals surface area contributed by atoms with Crippen molar-refractivity contribution in [3.05, 3.63) is 89.5 Å². The second-order valence-electron chi connectivity index (χ2n) is 7.61. The number of ketones is 1. The monoisotopic (exact) mass is 472 g/mol. The van der Waals surface area contributed by atoms with Crippen LogP contribution in [0.4, 0.5) is 5.13 Å². The van der Waals surface area contributed by atoms with Crippen LogP contribution in [0, 0.1) is 0 Å². The van der Waals surface area contributed by atoms with Gasteiger partial charge in [-0.25, -0.2) is 4.98 Å². The molecule has 1 fully saturated rings. The van der Waals surface area contributed by atoms with E-state index in [4.69, 9.17) is 9.47 Å². The zero-order valence-corrected chi connectivity index (χ0v) is 19.2. The van der Waals surface area contributed by atoms with Crippen molar-refractivity contribution in [1.29, 1.82) is 0 Å². The molecule has 170 valence electrons. The van der Waals surface area contributed by atoms with Gasteiger partial charge in [-0.2, -0.15) is 0 Å². The van der Waals surface area contributed by atoms with Crippen molar-refractivity contribution in [2.24, 2.45) is 0 Å². The number of aromatic nitrogens is 1. The van der Waals surface area contributed by atoms with Gasteiger partial charge < -0.3 is 14.6 Å². The molecule has 0 spiro atoms. The molecule has 0 radical (unpaired) electrons. The number of methoxy groups -OCH3 is 2. The smallest absolute Gasteiger partial charge is 0.301 e. The van der Waals surface area contributed by atoms with Gasteiger partial charge in [0.1, 0.15) is 23.3 Å². The van der Waals surface area contributed by atoms with Crippen molar-refractivity contribution < 1.29 is 24.2 Å². The number of benzene rings is 3. The summed E-state index contributed by atoms with van der Waals surface area (Å²) >= 11 is 1.30. The summed E-state index contributed by atoms with van der Waals surface area (Å²) in [6.45, 7) is 0. The number of Topliss-reactive ketones (excluding diaryl/α,β-unsaturated/α-hetero) is 1. The van der Waals surface area contributed by atoms with Gasteiger partial charge in [0.25, 0.3) is 5.78 Å². The number of hydrogen-bond acceptors (Lipinski definition) is 7. The number of fused-ring (bicyclic) bond motifs is 1. The maximum atomic E-state index is 13.4. The highest BCUT2D eigenvalue weighted by molar-refractivity contribution is 7.22. The molecule has 1 saturated heterocycles. The predicted molar refractivity (Wildman–Crippen MR) is 130 cm³/mol. The third-order valence-electron chi connectivity index (χ3n) is 5.72. The highest BCUT2D eigenvalue weighted by Gasteiger charge is 2.49. The molecule has 5 rings (SSSR count). The predicted octanol–water partition coefficient (Wildman–Crippen LogP) is 4.94. The van der Waals surface area contributed by atoms with Crippen LogP contribution in [0.2, 0.25) is 0 Å². The second kappa shape index (κ2) is 8.64. The van der Waals surface area contributed by atoms with Crippen LogP contribution in [0.5, 0.6) is 11.5 Å². The van der Waals surface area contributed by atoms with E-state index in [2.05, 4.69) is 4.98 Å². The van der Waals surface area contributed by atoms with Crippen molar-refractivity contribution in [2.75, 3.05) is 19.1 Å². The molecule has 0 unspecified atom stereocenters. The minimum absolute atomic E-state index is 0.0288. The summed E-state index contributed by atoms with van der Waals surface area (Å²) in [7, 11) is 3.04. The first-order chi connectivity index (χ1) is 16.5. The zero-order chi connectivity index (χ0) is 23.8. The zero-order valence-electron chi connectivity index (χ0n) is 18.4. The van der Waals surface area contributed by atoms with E-state index < -0.39 is 17.7 Å². The van der Waals surface area contributed by atoms with Crippen LogP contribution in [0.1, 0.15) is 17.2 Å². The van der Waals surface area contributed by atoms with E-state index in [1.54, 1.807) is 48.5 Å². The molecular weight excluding hydrogens is 452 g/mol. The van der Waals surface area contributed by atoms with Crippen LogP contribution in [-0.2, 0) is 9.59 Å². The highest BCUT2D eigenvalue weighted by atomic mass is 32.1. The average Bonchev–Trinajstić information content (AvgIpc) is 3.42. The molecule has 8 heteroatoms. The Morgan fingerprint density at radius 3 is 2.41 bits per heavy atom. The molecule has 1 aliphatic rings. The number of hydrogen-bond donors (Lipinski definition) is 1. The van der Waals surface area contributed by atoms with Gasteiger partial charge in [-0.05, 0) is 24.3 Å². The van der Waals surface area contributed by atoms with Gasteiger partial charge in [-0.15, -0.1) is 0 Å². The quantitative estimate of drug-likeness (QED) is 0.251. The largest absolute Gasteiger partial charge is 0.507 e. The van der Waals surface area contributed by atoms with E-state index in [0.717, 1.165) is 4.70 Å². The molecule has 1 atom stereocenters. The maximum absolute atomic E-state index is 13.4. The van der Waals surface area contributed by atoms with E-state index in [9.17, 15) is 14.7 Å². The van der Waals surface area contributed by atoms with Gasteiger partial charge in [0.2, 0.25) is 0 Å². The Hall–Kier alpha value is -4.17. The minimum atomic E-state index is -0.943. The number of carbonyl (C=O) groups excluding carboxylic acids is 2. The van der Waals surface area contributed by atoms with Gasteiger partial charge in [-0.1, -0.05) is 53.8 Å². The highest BCUT2D eigenvalue weighted by Crippen LogP contribution is 2.47.